The van der Waals surface area contributed by atoms with Gasteiger partial charge in [0, 0.05) is 13.0 Å². The maximum atomic E-state index is 11.9. The summed E-state index contributed by atoms with van der Waals surface area (Å²) in [6.45, 7) is -0.888. The molecule has 4 nitrogen and oxygen atoms in total. The SMILES string of the molecule is OCCCOc1cnn(CC(F)(F)F)c1. The number of hydrogen-bond donors (Lipinski definition) is 1. The molecule has 7 heteroatoms. The van der Waals surface area contributed by atoms with Gasteiger partial charge in [0.15, 0.2) is 5.75 Å². The van der Waals surface area contributed by atoms with Gasteiger partial charge in [-0.05, 0) is 0 Å². The fourth-order valence-electron chi connectivity index (χ4n) is 0.944. The summed E-state index contributed by atoms with van der Waals surface area (Å²) < 4.78 is 41.6. The predicted octanol–water partition coefficient (Wildman–Crippen LogP) is 1.21. The van der Waals surface area contributed by atoms with Gasteiger partial charge in [-0.15, -0.1) is 0 Å². The molecule has 0 aliphatic rings. The largest absolute Gasteiger partial charge is 0.490 e. The zero-order valence-corrected chi connectivity index (χ0v) is 7.87. The van der Waals surface area contributed by atoms with Gasteiger partial charge in [0.1, 0.15) is 6.54 Å². The smallest absolute Gasteiger partial charge is 0.408 e. The number of hydrogen-bond acceptors (Lipinski definition) is 3. The normalized spacial score (nSPS) is 11.7. The molecule has 0 atom stereocenters. The van der Waals surface area contributed by atoms with Crippen LogP contribution in [0.25, 0.3) is 0 Å². The summed E-state index contributed by atoms with van der Waals surface area (Å²) in [5.74, 6) is 0.271. The van der Waals surface area contributed by atoms with Crippen LogP contribution in [0.2, 0.25) is 0 Å². The van der Waals surface area contributed by atoms with Gasteiger partial charge in [0.05, 0.1) is 19.0 Å². The molecule has 15 heavy (non-hydrogen) atoms. The number of aliphatic hydroxyl groups is 1. The molecule has 0 unspecified atom stereocenters. The van der Waals surface area contributed by atoms with E-state index in [0.29, 0.717) is 6.42 Å². The molecule has 0 aromatic carbocycles. The van der Waals surface area contributed by atoms with Gasteiger partial charge in [0.25, 0.3) is 0 Å². The van der Waals surface area contributed by atoms with E-state index in [-0.39, 0.29) is 19.0 Å². The zero-order chi connectivity index (χ0) is 11.3. The Kier molecular flexibility index (Phi) is 3.96. The van der Waals surface area contributed by atoms with Crippen molar-refractivity contribution in [2.45, 2.75) is 19.1 Å². The monoisotopic (exact) mass is 224 g/mol. The summed E-state index contributed by atoms with van der Waals surface area (Å²) >= 11 is 0. The third kappa shape index (κ3) is 4.68. The lowest BCUT2D eigenvalue weighted by Gasteiger charge is -2.05. The second-order valence-electron chi connectivity index (χ2n) is 2.91. The molecule has 0 amide bonds. The summed E-state index contributed by atoms with van der Waals surface area (Å²) in [4.78, 5) is 0. The van der Waals surface area contributed by atoms with Crippen LogP contribution in [-0.2, 0) is 6.54 Å². The molecule has 0 saturated carbocycles. The Morgan fingerprint density at radius 3 is 2.80 bits per heavy atom. The topological polar surface area (TPSA) is 47.3 Å². The number of rotatable bonds is 5. The predicted molar refractivity (Wildman–Crippen MR) is 45.5 cm³/mol. The summed E-state index contributed by atoms with van der Waals surface area (Å²) in [5.41, 5.74) is 0. The first-order valence-electron chi connectivity index (χ1n) is 4.34. The van der Waals surface area contributed by atoms with Gasteiger partial charge in [-0.3, -0.25) is 4.68 Å². The lowest BCUT2D eigenvalue weighted by molar-refractivity contribution is -0.142. The van der Waals surface area contributed by atoms with Crippen LogP contribution in [0, 0.1) is 0 Å². The second-order valence-corrected chi connectivity index (χ2v) is 2.91. The number of nitrogens with zero attached hydrogens (tertiary/aromatic N) is 2. The van der Waals surface area contributed by atoms with E-state index in [1.807, 2.05) is 0 Å². The molecule has 0 aliphatic heterocycles. The maximum absolute atomic E-state index is 11.9. The number of aliphatic hydroxyl groups excluding tert-OH is 1. The minimum absolute atomic E-state index is 0.0172. The summed E-state index contributed by atoms with van der Waals surface area (Å²) in [7, 11) is 0. The molecule has 1 aromatic heterocycles. The van der Waals surface area contributed by atoms with Crippen molar-refractivity contribution in [3.05, 3.63) is 12.4 Å². The van der Waals surface area contributed by atoms with Crippen LogP contribution in [0.15, 0.2) is 12.4 Å². The van der Waals surface area contributed by atoms with Crippen molar-refractivity contribution in [1.82, 2.24) is 9.78 Å². The highest BCUT2D eigenvalue weighted by atomic mass is 19.4. The van der Waals surface area contributed by atoms with E-state index >= 15 is 0 Å². The van der Waals surface area contributed by atoms with Crippen LogP contribution in [-0.4, -0.2) is 34.3 Å². The first-order valence-corrected chi connectivity index (χ1v) is 4.34. The van der Waals surface area contributed by atoms with E-state index in [4.69, 9.17) is 9.84 Å². The Bertz CT molecular complexity index is 298. The van der Waals surface area contributed by atoms with Crippen molar-refractivity contribution in [3.8, 4) is 5.75 Å². The van der Waals surface area contributed by atoms with Crippen LogP contribution < -0.4 is 4.74 Å². The molecule has 1 aromatic rings. The molecule has 0 saturated heterocycles. The van der Waals surface area contributed by atoms with Crippen LogP contribution >= 0.6 is 0 Å². The van der Waals surface area contributed by atoms with E-state index in [2.05, 4.69) is 5.10 Å². The molecule has 0 aliphatic carbocycles. The molecule has 0 radical (unpaired) electrons. The fraction of sp³-hybridized carbons (Fsp3) is 0.625. The third-order valence-corrected chi connectivity index (χ3v) is 1.52. The van der Waals surface area contributed by atoms with Crippen molar-refractivity contribution in [3.63, 3.8) is 0 Å². The van der Waals surface area contributed by atoms with E-state index in [1.165, 1.54) is 12.4 Å². The summed E-state index contributed by atoms with van der Waals surface area (Å²) in [6, 6.07) is 0. The summed E-state index contributed by atoms with van der Waals surface area (Å²) in [5, 5.41) is 11.9. The van der Waals surface area contributed by atoms with Crippen molar-refractivity contribution in [2.24, 2.45) is 0 Å². The van der Waals surface area contributed by atoms with Gasteiger partial charge in [-0.1, -0.05) is 0 Å². The van der Waals surface area contributed by atoms with Crippen molar-refractivity contribution >= 4 is 0 Å². The molecule has 0 bridgehead atoms. The van der Waals surface area contributed by atoms with Crippen molar-refractivity contribution in [1.29, 1.82) is 0 Å². The van der Waals surface area contributed by atoms with Crippen molar-refractivity contribution < 1.29 is 23.0 Å². The molecular formula is C8H11F3N2O2. The Morgan fingerprint density at radius 1 is 1.47 bits per heavy atom. The number of halogens is 3. The Morgan fingerprint density at radius 2 is 2.20 bits per heavy atom. The van der Waals surface area contributed by atoms with Crippen LogP contribution in [0.1, 0.15) is 6.42 Å². The Hall–Kier alpha value is -1.24. The van der Waals surface area contributed by atoms with Gasteiger partial charge >= 0.3 is 6.18 Å². The number of ether oxygens (including phenoxy) is 1. The minimum atomic E-state index is -4.28. The lowest BCUT2D eigenvalue weighted by atomic mass is 10.5. The highest BCUT2D eigenvalue weighted by molar-refractivity contribution is 5.11. The summed E-state index contributed by atoms with van der Waals surface area (Å²) in [6.07, 6.45) is -1.47. The molecule has 0 fully saturated rings. The average molecular weight is 224 g/mol. The molecular weight excluding hydrogens is 213 g/mol. The molecule has 86 valence electrons. The Balaban J connectivity index is 2.42. The lowest BCUT2D eigenvalue weighted by Crippen LogP contribution is -2.17. The van der Waals surface area contributed by atoms with E-state index in [0.717, 1.165) is 4.68 Å². The van der Waals surface area contributed by atoms with E-state index < -0.39 is 12.7 Å². The highest BCUT2D eigenvalue weighted by Gasteiger charge is 2.28. The number of alkyl halides is 3. The second kappa shape index (κ2) is 5.01. The van der Waals surface area contributed by atoms with Gasteiger partial charge < -0.3 is 9.84 Å². The van der Waals surface area contributed by atoms with E-state index in [1.54, 1.807) is 0 Å². The van der Waals surface area contributed by atoms with Crippen LogP contribution in [0.5, 0.6) is 5.75 Å². The van der Waals surface area contributed by atoms with Gasteiger partial charge in [0.2, 0.25) is 0 Å². The van der Waals surface area contributed by atoms with Crippen LogP contribution in [0.4, 0.5) is 13.2 Å². The molecule has 1 rings (SSSR count). The Labute approximate surface area is 84.3 Å². The number of aromatic nitrogens is 2. The van der Waals surface area contributed by atoms with Crippen LogP contribution in [0.3, 0.4) is 0 Å². The molecule has 1 N–H and O–H groups in total. The molecule has 1 heterocycles. The highest BCUT2D eigenvalue weighted by Crippen LogP contribution is 2.18. The average Bonchev–Trinajstić information content (AvgIpc) is 2.50. The standard InChI is InChI=1S/C8H11F3N2O2/c9-8(10,11)6-13-5-7(4-12-13)15-3-1-2-14/h4-5,14H,1-3,6H2. The first kappa shape index (κ1) is 11.8. The van der Waals surface area contributed by atoms with Crippen molar-refractivity contribution in [2.75, 3.05) is 13.2 Å². The quantitative estimate of drug-likeness (QED) is 0.764. The molecule has 0 spiro atoms. The van der Waals surface area contributed by atoms with E-state index in [9.17, 15) is 13.2 Å². The van der Waals surface area contributed by atoms with Gasteiger partial charge in [-0.25, -0.2) is 0 Å². The third-order valence-electron chi connectivity index (χ3n) is 1.52. The zero-order valence-electron chi connectivity index (χ0n) is 7.87. The minimum Gasteiger partial charge on any atom is -0.490 e. The maximum Gasteiger partial charge on any atom is 0.408 e. The first-order chi connectivity index (χ1) is 7.01. The van der Waals surface area contributed by atoms with Gasteiger partial charge in [-0.2, -0.15) is 18.3 Å². The fourth-order valence-corrected chi connectivity index (χ4v) is 0.944.